The van der Waals surface area contributed by atoms with Crippen LogP contribution in [-0.4, -0.2) is 10.5 Å². The van der Waals surface area contributed by atoms with Crippen molar-refractivity contribution in [2.75, 3.05) is 11.1 Å². The monoisotopic (exact) mass is 281 g/mol. The molecule has 100 valence electrons. The Morgan fingerprint density at radius 3 is 2.89 bits per heavy atom. The Labute approximate surface area is 112 Å². The van der Waals surface area contributed by atoms with E-state index in [1.807, 2.05) is 0 Å². The summed E-state index contributed by atoms with van der Waals surface area (Å²) in [5.41, 5.74) is 6.11. The van der Waals surface area contributed by atoms with E-state index in [4.69, 9.17) is 5.73 Å². The zero-order chi connectivity index (χ0) is 13.8. The number of nitrogen functional groups attached to an aromatic ring is 1. The van der Waals surface area contributed by atoms with Gasteiger partial charge < -0.3 is 15.6 Å². The number of thiazole rings is 1. The third-order valence-electron chi connectivity index (χ3n) is 2.51. The van der Waals surface area contributed by atoms with Gasteiger partial charge in [0.25, 0.3) is 0 Å². The van der Waals surface area contributed by atoms with Gasteiger partial charge in [0, 0.05) is 24.5 Å². The van der Waals surface area contributed by atoms with Crippen LogP contribution in [0.5, 0.6) is 0 Å². The van der Waals surface area contributed by atoms with Crippen LogP contribution in [0.25, 0.3) is 0 Å². The molecule has 19 heavy (non-hydrogen) atoms. The van der Waals surface area contributed by atoms with Crippen LogP contribution in [0.4, 0.5) is 15.8 Å². The average molecular weight is 281 g/mol. The van der Waals surface area contributed by atoms with Gasteiger partial charge in [-0.25, -0.2) is 4.39 Å². The topological polar surface area (TPSA) is 77.1 Å². The van der Waals surface area contributed by atoms with Crippen LogP contribution >= 0.6 is 11.3 Å². The summed E-state index contributed by atoms with van der Waals surface area (Å²) in [7, 11) is 0. The highest BCUT2D eigenvalue weighted by molar-refractivity contribution is 7.07. The Bertz CT molecular complexity index is 650. The molecule has 0 aliphatic heterocycles. The first kappa shape index (κ1) is 13.3. The molecule has 1 aromatic carbocycles. The largest absolute Gasteiger partial charge is 0.397 e. The number of aryl methyl sites for hydroxylation is 1. The number of nitrogens with one attached hydrogen (secondary N) is 1. The van der Waals surface area contributed by atoms with Gasteiger partial charge in [-0.15, -0.1) is 0 Å². The smallest absolute Gasteiger partial charge is 0.307 e. The van der Waals surface area contributed by atoms with Crippen molar-refractivity contribution in [1.29, 1.82) is 0 Å². The minimum Gasteiger partial charge on any atom is -0.397 e. The Kier molecular flexibility index (Phi) is 3.96. The van der Waals surface area contributed by atoms with Crippen LogP contribution in [0.1, 0.15) is 6.42 Å². The van der Waals surface area contributed by atoms with Gasteiger partial charge in [-0.3, -0.25) is 9.59 Å². The summed E-state index contributed by atoms with van der Waals surface area (Å²) in [5.74, 6) is -0.739. The Morgan fingerprint density at radius 1 is 1.47 bits per heavy atom. The Morgan fingerprint density at radius 2 is 2.26 bits per heavy atom. The number of rotatable bonds is 4. The second-order valence-electron chi connectivity index (χ2n) is 3.89. The third kappa shape index (κ3) is 3.41. The van der Waals surface area contributed by atoms with E-state index in [-0.39, 0.29) is 22.9 Å². The van der Waals surface area contributed by atoms with Crippen molar-refractivity contribution < 1.29 is 9.18 Å². The molecule has 1 amide bonds. The summed E-state index contributed by atoms with van der Waals surface area (Å²) in [6.45, 7) is 0.301. The molecule has 0 bridgehead atoms. The molecule has 2 aromatic rings. The minimum absolute atomic E-state index is 0.103. The SMILES string of the molecule is Nc1cc(F)ccc1NC(=O)CCn1ccsc1=O. The lowest BCUT2D eigenvalue weighted by Gasteiger charge is -2.08. The molecule has 7 heteroatoms. The van der Waals surface area contributed by atoms with E-state index >= 15 is 0 Å². The van der Waals surface area contributed by atoms with Crippen molar-refractivity contribution in [3.05, 3.63) is 45.3 Å². The molecule has 0 atom stereocenters. The van der Waals surface area contributed by atoms with E-state index in [2.05, 4.69) is 5.32 Å². The normalized spacial score (nSPS) is 10.4. The molecule has 5 nitrogen and oxygen atoms in total. The van der Waals surface area contributed by atoms with Gasteiger partial charge in [-0.1, -0.05) is 11.3 Å². The average Bonchev–Trinajstić information content (AvgIpc) is 2.76. The first-order chi connectivity index (χ1) is 9.06. The lowest BCUT2D eigenvalue weighted by Crippen LogP contribution is -2.19. The predicted molar refractivity (Wildman–Crippen MR) is 72.6 cm³/mol. The van der Waals surface area contributed by atoms with Crippen LogP contribution < -0.4 is 15.9 Å². The molecule has 0 unspecified atom stereocenters. The number of amides is 1. The van der Waals surface area contributed by atoms with Gasteiger partial charge in [0.05, 0.1) is 11.4 Å². The van der Waals surface area contributed by atoms with Gasteiger partial charge in [0.2, 0.25) is 5.91 Å². The predicted octanol–water partition coefficient (Wildman–Crippen LogP) is 1.66. The summed E-state index contributed by atoms with van der Waals surface area (Å²) in [6, 6.07) is 3.76. The molecule has 1 heterocycles. The van der Waals surface area contributed by atoms with Crippen molar-refractivity contribution in [3.63, 3.8) is 0 Å². The number of carbonyl (C=O) groups excluding carboxylic acids is 1. The molecule has 0 saturated heterocycles. The van der Waals surface area contributed by atoms with Gasteiger partial charge in [-0.2, -0.15) is 0 Å². The Hall–Kier alpha value is -2.15. The van der Waals surface area contributed by atoms with Gasteiger partial charge in [-0.05, 0) is 18.2 Å². The van der Waals surface area contributed by atoms with Crippen molar-refractivity contribution >= 4 is 28.6 Å². The summed E-state index contributed by atoms with van der Waals surface area (Å²) in [6.07, 6.45) is 1.78. The molecule has 0 saturated carbocycles. The van der Waals surface area contributed by atoms with Gasteiger partial charge in [0.15, 0.2) is 0 Å². The molecule has 0 spiro atoms. The highest BCUT2D eigenvalue weighted by atomic mass is 32.1. The number of nitrogens with two attached hydrogens (primary N) is 1. The zero-order valence-electron chi connectivity index (χ0n) is 9.93. The zero-order valence-corrected chi connectivity index (χ0v) is 10.7. The van der Waals surface area contributed by atoms with Crippen molar-refractivity contribution in [1.82, 2.24) is 4.57 Å². The number of carbonyl (C=O) groups is 1. The fourth-order valence-electron chi connectivity index (χ4n) is 1.54. The number of nitrogens with zero attached hydrogens (tertiary/aromatic N) is 1. The maximum Gasteiger partial charge on any atom is 0.307 e. The second kappa shape index (κ2) is 5.66. The van der Waals surface area contributed by atoms with E-state index in [1.54, 1.807) is 11.6 Å². The Balaban J connectivity index is 1.94. The summed E-state index contributed by atoms with van der Waals surface area (Å²) in [4.78, 5) is 22.9. The van der Waals surface area contributed by atoms with Crippen LogP contribution in [0.15, 0.2) is 34.6 Å². The standard InChI is InChI=1S/C12H12FN3O2S/c13-8-1-2-10(9(14)7-8)15-11(17)3-4-16-5-6-19-12(16)18/h1-2,5-7H,3-4,14H2,(H,15,17). The number of halogens is 1. The number of hydrogen-bond donors (Lipinski definition) is 2. The van der Waals surface area contributed by atoms with Crippen molar-refractivity contribution in [3.8, 4) is 0 Å². The molecule has 2 rings (SSSR count). The number of hydrogen-bond acceptors (Lipinski definition) is 4. The lowest BCUT2D eigenvalue weighted by molar-refractivity contribution is -0.116. The first-order valence-corrected chi connectivity index (χ1v) is 6.43. The number of anilines is 2. The van der Waals surface area contributed by atoms with Gasteiger partial charge in [0.1, 0.15) is 5.82 Å². The molecular formula is C12H12FN3O2S. The molecular weight excluding hydrogens is 269 g/mol. The van der Waals surface area contributed by atoms with Crippen LogP contribution in [0.3, 0.4) is 0 Å². The quantitative estimate of drug-likeness (QED) is 0.837. The number of benzene rings is 1. The fourth-order valence-corrected chi connectivity index (χ4v) is 2.15. The maximum absolute atomic E-state index is 12.8. The molecule has 0 fully saturated rings. The summed E-state index contributed by atoms with van der Waals surface area (Å²) < 4.78 is 14.3. The molecule has 3 N–H and O–H groups in total. The highest BCUT2D eigenvalue weighted by Crippen LogP contribution is 2.19. The first-order valence-electron chi connectivity index (χ1n) is 5.55. The lowest BCUT2D eigenvalue weighted by atomic mass is 10.2. The van der Waals surface area contributed by atoms with Crippen molar-refractivity contribution in [2.45, 2.75) is 13.0 Å². The highest BCUT2D eigenvalue weighted by Gasteiger charge is 2.07. The number of aromatic nitrogens is 1. The summed E-state index contributed by atoms with van der Waals surface area (Å²) >= 11 is 1.08. The maximum atomic E-state index is 12.8. The minimum atomic E-state index is -0.458. The third-order valence-corrected chi connectivity index (χ3v) is 3.21. The fraction of sp³-hybridized carbons (Fsp3) is 0.167. The van der Waals surface area contributed by atoms with Crippen LogP contribution in [0.2, 0.25) is 0 Å². The van der Waals surface area contributed by atoms with E-state index in [9.17, 15) is 14.0 Å². The summed E-state index contributed by atoms with van der Waals surface area (Å²) in [5, 5.41) is 4.24. The second-order valence-corrected chi connectivity index (χ2v) is 4.75. The van der Waals surface area contributed by atoms with E-state index in [0.717, 1.165) is 17.4 Å². The van der Waals surface area contributed by atoms with Gasteiger partial charge >= 0.3 is 4.87 Å². The van der Waals surface area contributed by atoms with Crippen LogP contribution in [-0.2, 0) is 11.3 Å². The van der Waals surface area contributed by atoms with E-state index in [0.29, 0.717) is 12.2 Å². The molecule has 1 aromatic heterocycles. The van der Waals surface area contributed by atoms with E-state index in [1.165, 1.54) is 16.7 Å². The molecule has 0 aliphatic rings. The van der Waals surface area contributed by atoms with E-state index < -0.39 is 5.82 Å². The van der Waals surface area contributed by atoms with Crippen LogP contribution in [0, 0.1) is 5.82 Å². The molecule has 0 radical (unpaired) electrons. The van der Waals surface area contributed by atoms with Crippen molar-refractivity contribution in [2.24, 2.45) is 0 Å². The molecule has 0 aliphatic carbocycles.